The third kappa shape index (κ3) is 4.28. The number of ether oxygens (including phenoxy) is 1. The number of carbonyl (C=O) groups is 1. The van der Waals surface area contributed by atoms with Gasteiger partial charge in [-0.15, -0.1) is 23.1 Å². The van der Waals surface area contributed by atoms with Crippen molar-refractivity contribution in [2.45, 2.75) is 23.6 Å². The van der Waals surface area contributed by atoms with Crippen molar-refractivity contribution in [3.05, 3.63) is 46.7 Å². The van der Waals surface area contributed by atoms with Crippen molar-refractivity contribution in [3.8, 4) is 5.75 Å². The van der Waals surface area contributed by atoms with Gasteiger partial charge in [0.25, 0.3) is 0 Å². The maximum absolute atomic E-state index is 12.0. The van der Waals surface area contributed by atoms with E-state index in [0.717, 1.165) is 10.6 Å². The molecule has 5 heteroatoms. The average Bonchev–Trinajstić information content (AvgIpc) is 2.98. The van der Waals surface area contributed by atoms with Crippen LogP contribution in [-0.4, -0.2) is 18.3 Å². The maximum atomic E-state index is 12.0. The lowest BCUT2D eigenvalue weighted by atomic mass is 10.3. The van der Waals surface area contributed by atoms with Crippen LogP contribution in [0.5, 0.6) is 5.75 Å². The Hall–Kier alpha value is -1.46. The molecule has 1 aromatic heterocycles. The highest BCUT2D eigenvalue weighted by molar-refractivity contribution is 8.00. The maximum Gasteiger partial charge on any atom is 0.233 e. The molecule has 1 aromatic carbocycles. The van der Waals surface area contributed by atoms with Crippen LogP contribution in [0.4, 0.5) is 0 Å². The van der Waals surface area contributed by atoms with Crippen LogP contribution < -0.4 is 10.1 Å². The predicted molar refractivity (Wildman–Crippen MR) is 84.5 cm³/mol. The fraction of sp³-hybridized carbons (Fsp3) is 0.267. The van der Waals surface area contributed by atoms with Crippen molar-refractivity contribution in [1.29, 1.82) is 0 Å². The van der Waals surface area contributed by atoms with Crippen LogP contribution in [0.1, 0.15) is 11.8 Å². The summed E-state index contributed by atoms with van der Waals surface area (Å²) in [6, 6.07) is 11.7. The molecule has 0 fully saturated rings. The number of hydrogen-bond donors (Lipinski definition) is 1. The highest BCUT2D eigenvalue weighted by Crippen LogP contribution is 2.25. The van der Waals surface area contributed by atoms with Gasteiger partial charge in [0.05, 0.1) is 18.9 Å². The second-order valence-electron chi connectivity index (χ2n) is 4.23. The van der Waals surface area contributed by atoms with E-state index in [4.69, 9.17) is 4.74 Å². The van der Waals surface area contributed by atoms with Gasteiger partial charge in [0.2, 0.25) is 5.91 Å². The van der Waals surface area contributed by atoms with Crippen LogP contribution in [0.3, 0.4) is 0 Å². The Morgan fingerprint density at radius 2 is 2.10 bits per heavy atom. The first-order chi connectivity index (χ1) is 9.69. The zero-order valence-corrected chi connectivity index (χ0v) is 13.1. The summed E-state index contributed by atoms with van der Waals surface area (Å²) in [5, 5.41) is 4.84. The summed E-state index contributed by atoms with van der Waals surface area (Å²) in [7, 11) is 1.64. The Morgan fingerprint density at radius 1 is 1.35 bits per heavy atom. The van der Waals surface area contributed by atoms with Gasteiger partial charge in [-0.25, -0.2) is 0 Å². The number of methoxy groups -OCH3 is 1. The minimum Gasteiger partial charge on any atom is -0.497 e. The smallest absolute Gasteiger partial charge is 0.233 e. The topological polar surface area (TPSA) is 38.3 Å². The standard InChI is InChI=1S/C15H17NO2S2/c1-11(15(17)16-10-14-4-3-9-19-14)20-13-7-5-12(18-2)6-8-13/h3-9,11H,10H2,1-2H3,(H,16,17). The lowest BCUT2D eigenvalue weighted by molar-refractivity contribution is -0.120. The molecular formula is C15H17NO2S2. The number of thioether (sulfide) groups is 1. The van der Waals surface area contributed by atoms with Crippen LogP contribution in [0.2, 0.25) is 0 Å². The second-order valence-corrected chi connectivity index (χ2v) is 6.68. The van der Waals surface area contributed by atoms with Gasteiger partial charge in [0.15, 0.2) is 0 Å². The number of nitrogens with one attached hydrogen (secondary N) is 1. The average molecular weight is 307 g/mol. The molecule has 2 aromatic rings. The zero-order valence-electron chi connectivity index (χ0n) is 11.5. The molecule has 0 aliphatic heterocycles. The van der Waals surface area contributed by atoms with Gasteiger partial charge in [0, 0.05) is 9.77 Å². The first kappa shape index (κ1) is 14.9. The van der Waals surface area contributed by atoms with Gasteiger partial charge in [-0.3, -0.25) is 4.79 Å². The van der Waals surface area contributed by atoms with Gasteiger partial charge in [-0.05, 0) is 42.6 Å². The predicted octanol–water partition coefficient (Wildman–Crippen LogP) is 3.55. The molecule has 20 heavy (non-hydrogen) atoms. The molecule has 0 radical (unpaired) electrons. The highest BCUT2D eigenvalue weighted by Gasteiger charge is 2.14. The number of benzene rings is 1. The number of carbonyl (C=O) groups excluding carboxylic acids is 1. The fourth-order valence-corrected chi connectivity index (χ4v) is 3.18. The zero-order chi connectivity index (χ0) is 14.4. The second kappa shape index (κ2) is 7.36. The molecule has 1 N–H and O–H groups in total. The van der Waals surface area contributed by atoms with Crippen molar-refractivity contribution in [2.75, 3.05) is 7.11 Å². The van der Waals surface area contributed by atoms with Gasteiger partial charge >= 0.3 is 0 Å². The number of hydrogen-bond acceptors (Lipinski definition) is 4. The molecule has 3 nitrogen and oxygen atoms in total. The van der Waals surface area contributed by atoms with Gasteiger partial charge < -0.3 is 10.1 Å². The SMILES string of the molecule is COc1ccc(SC(C)C(=O)NCc2cccs2)cc1. The van der Waals surface area contributed by atoms with Crippen LogP contribution in [0.15, 0.2) is 46.7 Å². The lowest BCUT2D eigenvalue weighted by Crippen LogP contribution is -2.30. The van der Waals surface area contributed by atoms with E-state index in [1.807, 2.05) is 48.7 Å². The lowest BCUT2D eigenvalue weighted by Gasteiger charge is -2.11. The number of rotatable bonds is 6. The Morgan fingerprint density at radius 3 is 2.70 bits per heavy atom. The highest BCUT2D eigenvalue weighted by atomic mass is 32.2. The number of amides is 1. The normalized spacial score (nSPS) is 11.9. The van der Waals surface area contributed by atoms with E-state index in [1.54, 1.807) is 30.2 Å². The summed E-state index contributed by atoms with van der Waals surface area (Å²) in [5.41, 5.74) is 0. The van der Waals surface area contributed by atoms with Crippen molar-refractivity contribution in [1.82, 2.24) is 5.32 Å². The summed E-state index contributed by atoms with van der Waals surface area (Å²) in [6.07, 6.45) is 0. The first-order valence-corrected chi connectivity index (χ1v) is 8.06. The molecule has 1 heterocycles. The van der Waals surface area contributed by atoms with Crippen molar-refractivity contribution >= 4 is 29.0 Å². The van der Waals surface area contributed by atoms with Gasteiger partial charge in [-0.1, -0.05) is 6.07 Å². The quantitative estimate of drug-likeness (QED) is 0.829. The summed E-state index contributed by atoms with van der Waals surface area (Å²) < 4.78 is 5.11. The summed E-state index contributed by atoms with van der Waals surface area (Å²) in [4.78, 5) is 14.2. The van der Waals surface area contributed by atoms with E-state index in [-0.39, 0.29) is 11.2 Å². The van der Waals surface area contributed by atoms with Crippen molar-refractivity contribution < 1.29 is 9.53 Å². The molecule has 0 spiro atoms. The summed E-state index contributed by atoms with van der Waals surface area (Å²) >= 11 is 3.19. The van der Waals surface area contributed by atoms with Crippen LogP contribution >= 0.6 is 23.1 Å². The number of thiophene rings is 1. The molecule has 0 aliphatic carbocycles. The molecule has 0 aliphatic rings. The first-order valence-electron chi connectivity index (χ1n) is 6.30. The van der Waals surface area contributed by atoms with Gasteiger partial charge in [-0.2, -0.15) is 0 Å². The van der Waals surface area contributed by atoms with Crippen molar-refractivity contribution in [2.24, 2.45) is 0 Å². The Balaban J connectivity index is 1.83. The monoisotopic (exact) mass is 307 g/mol. The summed E-state index contributed by atoms with van der Waals surface area (Å²) in [6.45, 7) is 2.52. The van der Waals surface area contributed by atoms with Crippen LogP contribution in [0.25, 0.3) is 0 Å². The molecular weight excluding hydrogens is 290 g/mol. The van der Waals surface area contributed by atoms with Crippen molar-refractivity contribution in [3.63, 3.8) is 0 Å². The Labute approximate surface area is 127 Å². The Kier molecular flexibility index (Phi) is 5.49. The molecule has 2 rings (SSSR count). The molecule has 1 atom stereocenters. The Bertz CT molecular complexity index is 538. The van der Waals surface area contributed by atoms with E-state index in [1.165, 1.54) is 4.88 Å². The van der Waals surface area contributed by atoms with E-state index in [0.29, 0.717) is 6.54 Å². The molecule has 1 amide bonds. The summed E-state index contributed by atoms with van der Waals surface area (Å²) in [5.74, 6) is 0.878. The molecule has 0 saturated carbocycles. The third-order valence-corrected chi connectivity index (χ3v) is 4.75. The van der Waals surface area contributed by atoms with E-state index in [2.05, 4.69) is 5.32 Å². The largest absolute Gasteiger partial charge is 0.497 e. The molecule has 106 valence electrons. The van der Waals surface area contributed by atoms with E-state index in [9.17, 15) is 4.79 Å². The third-order valence-electron chi connectivity index (χ3n) is 2.76. The van der Waals surface area contributed by atoms with Crippen LogP contribution in [-0.2, 0) is 11.3 Å². The van der Waals surface area contributed by atoms with E-state index >= 15 is 0 Å². The minimum absolute atomic E-state index is 0.0548. The van der Waals surface area contributed by atoms with Crippen LogP contribution in [0, 0.1) is 0 Å². The van der Waals surface area contributed by atoms with Gasteiger partial charge in [0.1, 0.15) is 5.75 Å². The minimum atomic E-state index is -0.122. The fourth-order valence-electron chi connectivity index (χ4n) is 1.64. The van der Waals surface area contributed by atoms with E-state index < -0.39 is 0 Å². The molecule has 0 saturated heterocycles. The molecule has 1 unspecified atom stereocenters. The molecule has 0 bridgehead atoms.